The van der Waals surface area contributed by atoms with E-state index in [-0.39, 0.29) is 12.4 Å². The zero-order valence-corrected chi connectivity index (χ0v) is 9.26. The van der Waals surface area contributed by atoms with E-state index in [1.165, 1.54) is 12.5 Å². The van der Waals surface area contributed by atoms with E-state index < -0.39 is 0 Å². The predicted molar refractivity (Wildman–Crippen MR) is 60.2 cm³/mol. The molecule has 0 radical (unpaired) electrons. The number of oxazole rings is 1. The minimum absolute atomic E-state index is 0. The summed E-state index contributed by atoms with van der Waals surface area (Å²) >= 11 is 0. The lowest BCUT2D eigenvalue weighted by Crippen LogP contribution is -1.88. The molecule has 0 unspecified atom stereocenters. The van der Waals surface area contributed by atoms with E-state index >= 15 is 0 Å². The Kier molecular flexibility index (Phi) is 3.10. The van der Waals surface area contributed by atoms with E-state index in [0.717, 1.165) is 0 Å². The molecule has 86 valence electrons. The van der Waals surface area contributed by atoms with Crippen molar-refractivity contribution in [3.05, 3.63) is 30.9 Å². The van der Waals surface area contributed by atoms with Crippen molar-refractivity contribution >= 4 is 12.4 Å². The van der Waals surface area contributed by atoms with Crippen LogP contribution in [0.15, 0.2) is 35.3 Å². The van der Waals surface area contributed by atoms with Crippen LogP contribution in [0.3, 0.4) is 0 Å². The Bertz CT molecular complexity index is 579. The number of hydrogen-bond donors (Lipinski definition) is 1. The lowest BCUT2D eigenvalue weighted by molar-refractivity contribution is 0.569. The highest BCUT2D eigenvalue weighted by Gasteiger charge is 2.11. The molecule has 3 rings (SSSR count). The van der Waals surface area contributed by atoms with E-state index in [1.54, 1.807) is 18.5 Å². The molecular weight excluding hydrogens is 244 g/mol. The monoisotopic (exact) mass is 250 g/mol. The van der Waals surface area contributed by atoms with Crippen molar-refractivity contribution in [2.45, 2.75) is 0 Å². The summed E-state index contributed by atoms with van der Waals surface area (Å²) in [7, 11) is 0. The van der Waals surface area contributed by atoms with Crippen LogP contribution in [0.2, 0.25) is 0 Å². The molecule has 0 bridgehead atoms. The minimum Gasteiger partial charge on any atom is -0.442 e. The van der Waals surface area contributed by atoms with Gasteiger partial charge in [-0.15, -0.1) is 17.5 Å². The van der Waals surface area contributed by atoms with Gasteiger partial charge >= 0.3 is 0 Å². The molecule has 0 saturated carbocycles. The normalized spacial score (nSPS) is 9.88. The van der Waals surface area contributed by atoms with Crippen molar-refractivity contribution in [2.24, 2.45) is 0 Å². The number of H-pyrrole nitrogens is 1. The zero-order chi connectivity index (χ0) is 10.8. The molecule has 0 aliphatic rings. The molecule has 17 heavy (non-hydrogen) atoms. The second-order valence-corrected chi connectivity index (χ2v) is 2.92. The van der Waals surface area contributed by atoms with E-state index in [4.69, 9.17) is 4.42 Å². The average Bonchev–Trinajstić information content (AvgIpc) is 3.01. The Morgan fingerprint density at radius 1 is 1.00 bits per heavy atom. The van der Waals surface area contributed by atoms with E-state index in [1.807, 2.05) is 0 Å². The summed E-state index contributed by atoms with van der Waals surface area (Å²) in [4.78, 5) is 16.2. The van der Waals surface area contributed by atoms with Gasteiger partial charge in [0.05, 0.1) is 6.20 Å². The molecule has 0 aromatic carbocycles. The lowest BCUT2D eigenvalue weighted by atomic mass is 10.5. The van der Waals surface area contributed by atoms with Crippen LogP contribution in [-0.4, -0.2) is 30.1 Å². The van der Waals surface area contributed by atoms with Crippen LogP contribution in [0.25, 0.3) is 23.4 Å². The Morgan fingerprint density at radius 3 is 2.53 bits per heavy atom. The fraction of sp³-hybridized carbons (Fsp3) is 0. The Balaban J connectivity index is 0.00000108. The first-order valence-corrected chi connectivity index (χ1v) is 4.53. The second-order valence-electron chi connectivity index (χ2n) is 2.92. The van der Waals surface area contributed by atoms with Crippen molar-refractivity contribution < 1.29 is 4.42 Å². The standard InChI is InChI=1S/C9H6N6O.ClH/c1-2-10-6(11-3-1)7-13-8(15-14-7)9-12-4-5-16-9;/h1-5H,(H,13,14,15);1H. The van der Waals surface area contributed by atoms with Gasteiger partial charge < -0.3 is 4.42 Å². The number of nitrogens with zero attached hydrogens (tertiary/aromatic N) is 5. The van der Waals surface area contributed by atoms with Gasteiger partial charge in [0.15, 0.2) is 5.82 Å². The third kappa shape index (κ3) is 2.13. The fourth-order valence-electron chi connectivity index (χ4n) is 1.21. The van der Waals surface area contributed by atoms with Crippen molar-refractivity contribution in [1.82, 2.24) is 30.1 Å². The molecule has 0 aliphatic carbocycles. The molecule has 0 aliphatic heterocycles. The molecule has 7 nitrogen and oxygen atoms in total. The first-order valence-electron chi connectivity index (χ1n) is 4.53. The van der Waals surface area contributed by atoms with E-state index in [9.17, 15) is 0 Å². The summed E-state index contributed by atoms with van der Waals surface area (Å²) < 4.78 is 5.08. The number of halogens is 1. The number of hydrogen-bond acceptors (Lipinski definition) is 6. The van der Waals surface area contributed by atoms with Crippen LogP contribution in [0, 0.1) is 0 Å². The van der Waals surface area contributed by atoms with Gasteiger partial charge in [0, 0.05) is 12.4 Å². The Hall–Kier alpha value is -2.28. The molecule has 8 heteroatoms. The summed E-state index contributed by atoms with van der Waals surface area (Å²) in [6, 6.07) is 1.73. The number of aromatic amines is 1. The van der Waals surface area contributed by atoms with Crippen LogP contribution in [0.5, 0.6) is 0 Å². The van der Waals surface area contributed by atoms with Crippen LogP contribution in [-0.2, 0) is 0 Å². The highest BCUT2D eigenvalue weighted by atomic mass is 35.5. The van der Waals surface area contributed by atoms with Gasteiger partial charge in [0.2, 0.25) is 11.6 Å². The van der Waals surface area contributed by atoms with Gasteiger partial charge in [0.1, 0.15) is 6.26 Å². The van der Waals surface area contributed by atoms with Crippen molar-refractivity contribution in [3.63, 3.8) is 0 Å². The van der Waals surface area contributed by atoms with Gasteiger partial charge in [-0.3, -0.25) is 5.10 Å². The van der Waals surface area contributed by atoms with Gasteiger partial charge in [-0.05, 0) is 6.07 Å². The zero-order valence-electron chi connectivity index (χ0n) is 8.44. The number of aromatic nitrogens is 6. The molecule has 0 saturated heterocycles. The summed E-state index contributed by atoms with van der Waals surface area (Å²) in [6.07, 6.45) is 6.26. The van der Waals surface area contributed by atoms with Gasteiger partial charge in [-0.25, -0.2) is 15.0 Å². The van der Waals surface area contributed by atoms with Crippen LogP contribution in [0.4, 0.5) is 0 Å². The predicted octanol–water partition coefficient (Wildman–Crippen LogP) is 1.34. The Labute approximate surface area is 102 Å². The first-order chi connectivity index (χ1) is 7.93. The molecule has 3 aromatic rings. The summed E-state index contributed by atoms with van der Waals surface area (Å²) in [5.74, 6) is 1.70. The lowest BCUT2D eigenvalue weighted by Gasteiger charge is -1.89. The molecule has 0 amide bonds. The van der Waals surface area contributed by atoms with Crippen LogP contribution < -0.4 is 0 Å². The second kappa shape index (κ2) is 4.71. The maximum Gasteiger partial charge on any atom is 0.264 e. The molecule has 1 N–H and O–H groups in total. The molecule has 0 atom stereocenters. The maximum absolute atomic E-state index is 5.08. The Morgan fingerprint density at radius 2 is 1.82 bits per heavy atom. The van der Waals surface area contributed by atoms with Crippen molar-refractivity contribution in [3.8, 4) is 23.4 Å². The minimum atomic E-state index is 0. The third-order valence-electron chi connectivity index (χ3n) is 1.89. The highest BCUT2D eigenvalue weighted by Crippen LogP contribution is 2.14. The molecular formula is C9H7ClN6O. The largest absolute Gasteiger partial charge is 0.442 e. The van der Waals surface area contributed by atoms with Crippen LogP contribution in [0.1, 0.15) is 0 Å². The molecule has 3 aromatic heterocycles. The summed E-state index contributed by atoms with van der Waals surface area (Å²) in [5.41, 5.74) is 0. The summed E-state index contributed by atoms with van der Waals surface area (Å²) in [5, 5.41) is 6.69. The summed E-state index contributed by atoms with van der Waals surface area (Å²) in [6.45, 7) is 0. The average molecular weight is 251 g/mol. The maximum atomic E-state index is 5.08. The third-order valence-corrected chi connectivity index (χ3v) is 1.89. The van der Waals surface area contributed by atoms with E-state index in [0.29, 0.717) is 23.4 Å². The SMILES string of the molecule is Cl.c1cnc(-c2n[nH]c(-c3ncco3)n2)nc1. The van der Waals surface area contributed by atoms with Gasteiger partial charge in [-0.1, -0.05) is 0 Å². The number of rotatable bonds is 2. The highest BCUT2D eigenvalue weighted by molar-refractivity contribution is 5.85. The smallest absolute Gasteiger partial charge is 0.264 e. The first kappa shape index (κ1) is 11.2. The molecule has 0 spiro atoms. The van der Waals surface area contributed by atoms with Gasteiger partial charge in [-0.2, -0.15) is 4.98 Å². The van der Waals surface area contributed by atoms with Crippen molar-refractivity contribution in [2.75, 3.05) is 0 Å². The topological polar surface area (TPSA) is 93.4 Å². The molecule has 3 heterocycles. The van der Waals surface area contributed by atoms with Gasteiger partial charge in [0.25, 0.3) is 5.89 Å². The van der Waals surface area contributed by atoms with Crippen LogP contribution >= 0.6 is 12.4 Å². The van der Waals surface area contributed by atoms with E-state index in [2.05, 4.69) is 30.1 Å². The number of nitrogens with one attached hydrogen (secondary N) is 1. The quantitative estimate of drug-likeness (QED) is 0.738. The molecule has 0 fully saturated rings. The fourth-order valence-corrected chi connectivity index (χ4v) is 1.21. The van der Waals surface area contributed by atoms with Crippen molar-refractivity contribution in [1.29, 1.82) is 0 Å².